The number of carbonyl (C=O) groups is 2. The van der Waals surface area contributed by atoms with Gasteiger partial charge in [-0.2, -0.15) is 5.10 Å². The second-order valence-electron chi connectivity index (χ2n) is 7.79. The molecule has 0 aliphatic carbocycles. The molecule has 2 amide bonds. The minimum absolute atomic E-state index is 0.0181. The van der Waals surface area contributed by atoms with E-state index in [1.54, 1.807) is 17.0 Å². The molecule has 7 heteroatoms. The fourth-order valence-electron chi connectivity index (χ4n) is 3.46. The lowest BCUT2D eigenvalue weighted by molar-refractivity contribution is -0.126. The number of nitrogens with one attached hydrogen (secondary N) is 2. The molecule has 0 saturated carbocycles. The summed E-state index contributed by atoms with van der Waals surface area (Å²) in [5, 5.41) is 9.98. The minimum Gasteiger partial charge on any atom is -0.352 e. The van der Waals surface area contributed by atoms with Gasteiger partial charge in [-0.25, -0.2) is 4.39 Å². The summed E-state index contributed by atoms with van der Waals surface area (Å²) in [5.41, 5.74) is 2.27. The van der Waals surface area contributed by atoms with Crippen molar-refractivity contribution in [2.45, 2.75) is 39.7 Å². The summed E-state index contributed by atoms with van der Waals surface area (Å²) in [7, 11) is 0. The maximum Gasteiger partial charge on any atom is 0.274 e. The highest BCUT2D eigenvalue weighted by atomic mass is 19.1. The first kappa shape index (κ1) is 20.0. The maximum absolute atomic E-state index is 12.9. The SMILES string of the molecule is CC(C)Cc1cc(C(=O)N2CCC(C(=O)NCc3ccc(F)cc3)CC2)n[nH]1. The number of benzene rings is 1. The Morgan fingerprint density at radius 1 is 1.25 bits per heavy atom. The molecule has 1 fully saturated rings. The highest BCUT2D eigenvalue weighted by molar-refractivity contribution is 5.92. The van der Waals surface area contributed by atoms with Gasteiger partial charge in [0.15, 0.2) is 0 Å². The van der Waals surface area contributed by atoms with Crippen molar-refractivity contribution in [3.63, 3.8) is 0 Å². The highest BCUT2D eigenvalue weighted by Gasteiger charge is 2.28. The van der Waals surface area contributed by atoms with E-state index in [2.05, 4.69) is 29.4 Å². The van der Waals surface area contributed by atoms with Crippen LogP contribution in [0.25, 0.3) is 0 Å². The van der Waals surface area contributed by atoms with Gasteiger partial charge in [0.2, 0.25) is 5.91 Å². The summed E-state index contributed by atoms with van der Waals surface area (Å²) in [6.07, 6.45) is 2.12. The third-order valence-electron chi connectivity index (χ3n) is 5.01. The molecule has 0 unspecified atom stereocenters. The average Bonchev–Trinajstić information content (AvgIpc) is 3.14. The molecule has 2 heterocycles. The number of aromatic nitrogens is 2. The van der Waals surface area contributed by atoms with Gasteiger partial charge in [-0.05, 0) is 48.9 Å². The molecule has 0 bridgehead atoms. The molecule has 2 N–H and O–H groups in total. The minimum atomic E-state index is -0.291. The molecule has 0 spiro atoms. The fourth-order valence-corrected chi connectivity index (χ4v) is 3.46. The second-order valence-corrected chi connectivity index (χ2v) is 7.79. The number of amides is 2. The number of piperidine rings is 1. The Bertz CT molecular complexity index is 808. The van der Waals surface area contributed by atoms with E-state index >= 15 is 0 Å². The zero-order valence-corrected chi connectivity index (χ0v) is 16.4. The van der Waals surface area contributed by atoms with E-state index in [9.17, 15) is 14.0 Å². The van der Waals surface area contributed by atoms with Crippen LogP contribution < -0.4 is 5.32 Å². The van der Waals surface area contributed by atoms with Gasteiger partial charge in [0, 0.05) is 31.2 Å². The number of hydrogen-bond donors (Lipinski definition) is 2. The summed E-state index contributed by atoms with van der Waals surface area (Å²) >= 11 is 0. The average molecular weight is 386 g/mol. The molecule has 1 aliphatic rings. The van der Waals surface area contributed by atoms with Crippen molar-refractivity contribution in [3.8, 4) is 0 Å². The highest BCUT2D eigenvalue weighted by Crippen LogP contribution is 2.19. The molecular weight excluding hydrogens is 359 g/mol. The summed E-state index contributed by atoms with van der Waals surface area (Å²) in [6.45, 7) is 5.70. The van der Waals surface area contributed by atoms with E-state index in [1.807, 2.05) is 6.07 Å². The molecule has 6 nitrogen and oxygen atoms in total. The summed E-state index contributed by atoms with van der Waals surface area (Å²) in [6, 6.07) is 7.91. The predicted molar refractivity (Wildman–Crippen MR) is 104 cm³/mol. The van der Waals surface area contributed by atoms with E-state index in [0.29, 0.717) is 44.1 Å². The van der Waals surface area contributed by atoms with E-state index in [0.717, 1.165) is 17.7 Å². The van der Waals surface area contributed by atoms with Gasteiger partial charge in [0.25, 0.3) is 5.91 Å². The zero-order chi connectivity index (χ0) is 20.1. The topological polar surface area (TPSA) is 78.1 Å². The third kappa shape index (κ3) is 5.18. The molecule has 0 radical (unpaired) electrons. The Kier molecular flexibility index (Phi) is 6.44. The molecular formula is C21H27FN4O2. The Balaban J connectivity index is 1.46. The number of nitrogens with zero attached hydrogens (tertiary/aromatic N) is 2. The first-order chi connectivity index (χ1) is 13.4. The normalized spacial score (nSPS) is 15.1. The number of carbonyl (C=O) groups excluding carboxylic acids is 2. The third-order valence-corrected chi connectivity index (χ3v) is 5.01. The van der Waals surface area contributed by atoms with Crippen molar-refractivity contribution in [2.24, 2.45) is 11.8 Å². The van der Waals surface area contributed by atoms with Crippen LogP contribution in [0.15, 0.2) is 30.3 Å². The summed E-state index contributed by atoms with van der Waals surface area (Å²) in [4.78, 5) is 26.8. The maximum atomic E-state index is 12.9. The van der Waals surface area contributed by atoms with Crippen molar-refractivity contribution in [1.82, 2.24) is 20.4 Å². The molecule has 150 valence electrons. The number of aromatic amines is 1. The lowest BCUT2D eigenvalue weighted by atomic mass is 9.95. The van der Waals surface area contributed by atoms with Crippen LogP contribution in [0.4, 0.5) is 4.39 Å². The van der Waals surface area contributed by atoms with Gasteiger partial charge in [0.05, 0.1) is 0 Å². The van der Waals surface area contributed by atoms with Gasteiger partial charge >= 0.3 is 0 Å². The standard InChI is InChI=1S/C21H27FN4O2/c1-14(2)11-18-12-19(25-24-18)21(28)26-9-7-16(8-10-26)20(27)23-13-15-3-5-17(22)6-4-15/h3-6,12,14,16H,7-11,13H2,1-2H3,(H,23,27)(H,24,25). The van der Waals surface area contributed by atoms with Crippen molar-refractivity contribution in [1.29, 1.82) is 0 Å². The van der Waals surface area contributed by atoms with Crippen LogP contribution in [-0.4, -0.2) is 40.0 Å². The number of likely N-dealkylation sites (tertiary alicyclic amines) is 1. The van der Waals surface area contributed by atoms with Crippen LogP contribution in [0, 0.1) is 17.7 Å². The monoisotopic (exact) mass is 386 g/mol. The Hall–Kier alpha value is -2.70. The van der Waals surface area contributed by atoms with Crippen LogP contribution in [0.5, 0.6) is 0 Å². The van der Waals surface area contributed by atoms with Crippen molar-refractivity contribution in [3.05, 3.63) is 53.1 Å². The smallest absolute Gasteiger partial charge is 0.274 e. The lowest BCUT2D eigenvalue weighted by Crippen LogP contribution is -2.43. The molecule has 1 saturated heterocycles. The van der Waals surface area contributed by atoms with Gasteiger partial charge in [-0.15, -0.1) is 0 Å². The number of halogens is 1. The zero-order valence-electron chi connectivity index (χ0n) is 16.4. The number of H-pyrrole nitrogens is 1. The van der Waals surface area contributed by atoms with Crippen LogP contribution >= 0.6 is 0 Å². The summed E-state index contributed by atoms with van der Waals surface area (Å²) in [5.74, 6) is -0.0139. The van der Waals surface area contributed by atoms with Gasteiger partial charge < -0.3 is 10.2 Å². The first-order valence-electron chi connectivity index (χ1n) is 9.78. The number of hydrogen-bond acceptors (Lipinski definition) is 3. The van der Waals surface area contributed by atoms with Crippen LogP contribution in [-0.2, 0) is 17.8 Å². The van der Waals surface area contributed by atoms with Crippen LogP contribution in [0.2, 0.25) is 0 Å². The largest absolute Gasteiger partial charge is 0.352 e. The Morgan fingerprint density at radius 3 is 2.57 bits per heavy atom. The quantitative estimate of drug-likeness (QED) is 0.801. The molecule has 0 atom stereocenters. The Morgan fingerprint density at radius 2 is 1.93 bits per heavy atom. The van der Waals surface area contributed by atoms with Crippen LogP contribution in [0.1, 0.15) is 48.4 Å². The van der Waals surface area contributed by atoms with E-state index in [-0.39, 0.29) is 23.5 Å². The molecule has 2 aromatic rings. The van der Waals surface area contributed by atoms with Crippen molar-refractivity contribution >= 4 is 11.8 Å². The molecule has 28 heavy (non-hydrogen) atoms. The molecule has 1 aliphatic heterocycles. The molecule has 1 aromatic carbocycles. The van der Waals surface area contributed by atoms with Crippen molar-refractivity contribution in [2.75, 3.05) is 13.1 Å². The van der Waals surface area contributed by atoms with E-state index in [4.69, 9.17) is 0 Å². The van der Waals surface area contributed by atoms with E-state index < -0.39 is 0 Å². The second kappa shape index (κ2) is 8.99. The first-order valence-corrected chi connectivity index (χ1v) is 9.78. The van der Waals surface area contributed by atoms with Crippen LogP contribution in [0.3, 0.4) is 0 Å². The van der Waals surface area contributed by atoms with Gasteiger partial charge in [0.1, 0.15) is 11.5 Å². The van der Waals surface area contributed by atoms with Gasteiger partial charge in [-0.1, -0.05) is 26.0 Å². The van der Waals surface area contributed by atoms with Crippen molar-refractivity contribution < 1.29 is 14.0 Å². The number of rotatable bonds is 6. The van der Waals surface area contributed by atoms with Gasteiger partial charge in [-0.3, -0.25) is 14.7 Å². The predicted octanol–water partition coefficient (Wildman–Crippen LogP) is 2.92. The fraction of sp³-hybridized carbons (Fsp3) is 0.476. The molecule has 1 aromatic heterocycles. The van der Waals surface area contributed by atoms with E-state index in [1.165, 1.54) is 12.1 Å². The molecule has 3 rings (SSSR count). The Labute approximate surface area is 164 Å². The lowest BCUT2D eigenvalue weighted by Gasteiger charge is -2.30. The summed E-state index contributed by atoms with van der Waals surface area (Å²) < 4.78 is 12.9.